The van der Waals surface area contributed by atoms with Crippen molar-refractivity contribution in [3.63, 3.8) is 0 Å². The van der Waals surface area contributed by atoms with Crippen LogP contribution in [0, 0.1) is 0 Å². The molecule has 19 heavy (non-hydrogen) atoms. The van der Waals surface area contributed by atoms with Crippen LogP contribution in [0.25, 0.3) is 11.0 Å². The van der Waals surface area contributed by atoms with Gasteiger partial charge in [-0.05, 0) is 58.1 Å². The van der Waals surface area contributed by atoms with Gasteiger partial charge in [-0.15, -0.1) is 0 Å². The summed E-state index contributed by atoms with van der Waals surface area (Å²) in [5.41, 5.74) is 2.78. The topological polar surface area (TPSA) is 41.0 Å². The van der Waals surface area contributed by atoms with E-state index in [1.165, 1.54) is 11.7 Å². The second kappa shape index (κ2) is 5.79. The maximum Gasteiger partial charge on any atom is 0.173 e. The summed E-state index contributed by atoms with van der Waals surface area (Å²) in [6, 6.07) is 6.65. The SMILES string of the molecule is CC(C)N(C(=S)Nc1ccc2nsnc2c1)C(C)C. The predicted octanol–water partition coefficient (Wildman–Crippen LogP) is 3.51. The first-order chi connectivity index (χ1) is 8.99. The first-order valence-corrected chi connectivity index (χ1v) is 7.44. The first kappa shape index (κ1) is 14.1. The van der Waals surface area contributed by atoms with Crippen LogP contribution in [0.5, 0.6) is 0 Å². The highest BCUT2D eigenvalue weighted by molar-refractivity contribution is 7.80. The molecule has 0 amide bonds. The van der Waals surface area contributed by atoms with E-state index in [2.05, 4.69) is 46.7 Å². The predicted molar refractivity (Wildman–Crippen MR) is 85.7 cm³/mol. The Labute approximate surface area is 123 Å². The van der Waals surface area contributed by atoms with Gasteiger partial charge in [0.2, 0.25) is 0 Å². The van der Waals surface area contributed by atoms with Gasteiger partial charge in [-0.3, -0.25) is 0 Å². The van der Waals surface area contributed by atoms with Gasteiger partial charge >= 0.3 is 0 Å². The Hall–Kier alpha value is -1.27. The summed E-state index contributed by atoms with van der Waals surface area (Å²) in [4.78, 5) is 2.18. The summed E-state index contributed by atoms with van der Waals surface area (Å²) in [6.45, 7) is 8.56. The van der Waals surface area contributed by atoms with Crippen molar-refractivity contribution in [3.8, 4) is 0 Å². The summed E-state index contributed by atoms with van der Waals surface area (Å²) >= 11 is 6.72. The van der Waals surface area contributed by atoms with Crippen LogP contribution in [0.1, 0.15) is 27.7 Å². The van der Waals surface area contributed by atoms with Crippen LogP contribution in [0.4, 0.5) is 5.69 Å². The first-order valence-electron chi connectivity index (χ1n) is 6.30. The van der Waals surface area contributed by atoms with Crippen LogP contribution in [0.15, 0.2) is 18.2 Å². The smallest absolute Gasteiger partial charge is 0.173 e. The average Bonchev–Trinajstić information content (AvgIpc) is 2.74. The number of nitrogens with one attached hydrogen (secondary N) is 1. The number of hydrogen-bond donors (Lipinski definition) is 1. The lowest BCUT2D eigenvalue weighted by atomic mass is 10.2. The molecule has 1 aromatic heterocycles. The van der Waals surface area contributed by atoms with E-state index >= 15 is 0 Å². The third-order valence-electron chi connectivity index (χ3n) is 2.85. The van der Waals surface area contributed by atoms with Crippen LogP contribution < -0.4 is 5.32 Å². The fourth-order valence-corrected chi connectivity index (χ4v) is 3.17. The Morgan fingerprint density at radius 2 is 1.79 bits per heavy atom. The lowest BCUT2D eigenvalue weighted by molar-refractivity contribution is 0.296. The zero-order valence-corrected chi connectivity index (χ0v) is 13.2. The highest BCUT2D eigenvalue weighted by Crippen LogP contribution is 2.18. The molecule has 1 N–H and O–H groups in total. The third-order valence-corrected chi connectivity index (χ3v) is 3.72. The molecule has 6 heteroatoms. The number of rotatable bonds is 3. The number of anilines is 1. The molecule has 4 nitrogen and oxygen atoms in total. The largest absolute Gasteiger partial charge is 0.344 e. The van der Waals surface area contributed by atoms with Crippen LogP contribution in [-0.2, 0) is 0 Å². The van der Waals surface area contributed by atoms with Crippen molar-refractivity contribution in [2.75, 3.05) is 5.32 Å². The van der Waals surface area contributed by atoms with Gasteiger partial charge in [-0.2, -0.15) is 8.75 Å². The summed E-state index contributed by atoms with van der Waals surface area (Å²) in [5.74, 6) is 0. The van der Waals surface area contributed by atoms with E-state index in [1.54, 1.807) is 0 Å². The molecule has 0 saturated carbocycles. The van der Waals surface area contributed by atoms with Gasteiger partial charge in [-0.1, -0.05) is 0 Å². The second-order valence-electron chi connectivity index (χ2n) is 4.99. The Balaban J connectivity index is 2.17. The normalized spacial score (nSPS) is 11.3. The van der Waals surface area contributed by atoms with Gasteiger partial charge in [0.05, 0.1) is 11.7 Å². The standard InChI is InChI=1S/C13H18N4S2/c1-8(2)17(9(3)4)13(18)14-10-5-6-11-12(7-10)16-19-15-11/h5-9H,1-4H3,(H,14,18). The van der Waals surface area contributed by atoms with Crippen molar-refractivity contribution >= 4 is 45.8 Å². The Morgan fingerprint density at radius 3 is 2.42 bits per heavy atom. The van der Waals surface area contributed by atoms with Gasteiger partial charge in [0, 0.05) is 17.8 Å². The molecule has 0 spiro atoms. The number of fused-ring (bicyclic) bond motifs is 1. The highest BCUT2D eigenvalue weighted by Gasteiger charge is 2.16. The molecule has 0 aliphatic heterocycles. The Bertz CT molecular complexity index is 569. The highest BCUT2D eigenvalue weighted by atomic mass is 32.1. The van der Waals surface area contributed by atoms with Crippen LogP contribution in [0.3, 0.4) is 0 Å². The maximum absolute atomic E-state index is 5.49. The van der Waals surface area contributed by atoms with Crippen molar-refractivity contribution in [2.24, 2.45) is 0 Å². The molecule has 1 heterocycles. The minimum absolute atomic E-state index is 0.365. The zero-order valence-electron chi connectivity index (χ0n) is 11.5. The minimum Gasteiger partial charge on any atom is -0.344 e. The molecule has 0 saturated heterocycles. The average molecular weight is 294 g/mol. The number of hydrogen-bond acceptors (Lipinski definition) is 4. The molecule has 1 aromatic carbocycles. The van der Waals surface area contributed by atoms with Crippen LogP contribution in [0.2, 0.25) is 0 Å². The molecule has 0 unspecified atom stereocenters. The van der Waals surface area contributed by atoms with Crippen molar-refractivity contribution in [2.45, 2.75) is 39.8 Å². The zero-order chi connectivity index (χ0) is 14.0. The molecule has 2 rings (SSSR count). The van der Waals surface area contributed by atoms with Crippen LogP contribution >= 0.6 is 23.9 Å². The van der Waals surface area contributed by atoms with Crippen molar-refractivity contribution < 1.29 is 0 Å². The number of nitrogens with zero attached hydrogens (tertiary/aromatic N) is 3. The monoisotopic (exact) mass is 294 g/mol. The molecule has 0 fully saturated rings. The number of benzene rings is 1. The third kappa shape index (κ3) is 3.19. The Morgan fingerprint density at radius 1 is 1.16 bits per heavy atom. The number of aromatic nitrogens is 2. The molecule has 0 aliphatic carbocycles. The Kier molecular flexibility index (Phi) is 4.31. The fraction of sp³-hybridized carbons (Fsp3) is 0.462. The molecule has 0 radical (unpaired) electrons. The lowest BCUT2D eigenvalue weighted by Crippen LogP contribution is -2.44. The molecule has 0 atom stereocenters. The molecule has 102 valence electrons. The van der Waals surface area contributed by atoms with Crippen molar-refractivity contribution in [1.29, 1.82) is 0 Å². The summed E-state index contributed by atoms with van der Waals surface area (Å²) < 4.78 is 8.43. The van der Waals surface area contributed by atoms with E-state index in [9.17, 15) is 0 Å². The van der Waals surface area contributed by atoms with Gasteiger partial charge in [-0.25, -0.2) is 0 Å². The quantitative estimate of drug-likeness (QED) is 0.877. The fourth-order valence-electron chi connectivity index (χ4n) is 2.11. The van der Waals surface area contributed by atoms with E-state index in [0.29, 0.717) is 12.1 Å². The van der Waals surface area contributed by atoms with Gasteiger partial charge < -0.3 is 10.2 Å². The summed E-state index contributed by atoms with van der Waals surface area (Å²) in [5, 5.41) is 4.02. The van der Waals surface area contributed by atoms with Gasteiger partial charge in [0.15, 0.2) is 5.11 Å². The number of thiocarbonyl (C=S) groups is 1. The molecule has 2 aromatic rings. The van der Waals surface area contributed by atoms with Gasteiger partial charge in [0.25, 0.3) is 0 Å². The van der Waals surface area contributed by atoms with E-state index in [-0.39, 0.29) is 0 Å². The lowest BCUT2D eigenvalue weighted by Gasteiger charge is -2.33. The van der Waals surface area contributed by atoms with Crippen molar-refractivity contribution in [1.82, 2.24) is 13.6 Å². The summed E-state index contributed by atoms with van der Waals surface area (Å²) in [6.07, 6.45) is 0. The maximum atomic E-state index is 5.49. The second-order valence-corrected chi connectivity index (χ2v) is 5.91. The molecule has 0 aliphatic rings. The molecular weight excluding hydrogens is 276 g/mol. The van der Waals surface area contributed by atoms with E-state index < -0.39 is 0 Å². The van der Waals surface area contributed by atoms with E-state index in [1.807, 2.05) is 18.2 Å². The van der Waals surface area contributed by atoms with Crippen LogP contribution in [-0.4, -0.2) is 30.8 Å². The van der Waals surface area contributed by atoms with E-state index in [0.717, 1.165) is 21.8 Å². The summed E-state index contributed by atoms with van der Waals surface area (Å²) in [7, 11) is 0. The molecular formula is C13H18N4S2. The minimum atomic E-state index is 0.365. The van der Waals surface area contributed by atoms with Gasteiger partial charge in [0.1, 0.15) is 11.0 Å². The molecule has 0 bridgehead atoms. The van der Waals surface area contributed by atoms with Crippen molar-refractivity contribution in [3.05, 3.63) is 18.2 Å². The van der Waals surface area contributed by atoms with E-state index in [4.69, 9.17) is 12.2 Å².